The van der Waals surface area contributed by atoms with Crippen molar-refractivity contribution in [1.29, 1.82) is 0 Å². The predicted molar refractivity (Wildman–Crippen MR) is 127 cm³/mol. The van der Waals surface area contributed by atoms with Gasteiger partial charge in [0.25, 0.3) is 5.91 Å². The van der Waals surface area contributed by atoms with Gasteiger partial charge in [-0.1, -0.05) is 54.6 Å². The van der Waals surface area contributed by atoms with Gasteiger partial charge >= 0.3 is 5.97 Å². The van der Waals surface area contributed by atoms with Crippen molar-refractivity contribution in [3.63, 3.8) is 0 Å². The monoisotopic (exact) mass is 445 g/mol. The van der Waals surface area contributed by atoms with Crippen molar-refractivity contribution in [2.24, 2.45) is 0 Å². The summed E-state index contributed by atoms with van der Waals surface area (Å²) < 4.78 is 10.7. The summed E-state index contributed by atoms with van der Waals surface area (Å²) in [6, 6.07) is 19.7. The van der Waals surface area contributed by atoms with Gasteiger partial charge in [0.05, 0.1) is 17.9 Å². The minimum Gasteiger partial charge on any atom is -0.469 e. The summed E-state index contributed by atoms with van der Waals surface area (Å²) in [7, 11) is 0. The van der Waals surface area contributed by atoms with Gasteiger partial charge in [0, 0.05) is 10.9 Å². The summed E-state index contributed by atoms with van der Waals surface area (Å²) in [5.74, 6) is -0.285. The van der Waals surface area contributed by atoms with E-state index in [4.69, 9.17) is 9.15 Å². The Balaban J connectivity index is 1.69. The minimum atomic E-state index is -0.470. The van der Waals surface area contributed by atoms with E-state index in [1.54, 1.807) is 26.8 Å². The molecule has 0 aliphatic carbocycles. The Labute approximate surface area is 190 Å². The molecule has 0 unspecified atom stereocenters. The topological polar surface area (TPSA) is 68.5 Å². The fraction of sp³-hybridized carbons (Fsp3) is 0.154. The molecule has 6 heteroatoms. The maximum atomic E-state index is 13.0. The number of benzene rings is 2. The highest BCUT2D eigenvalue weighted by Crippen LogP contribution is 2.37. The highest BCUT2D eigenvalue weighted by molar-refractivity contribution is 7.15. The normalized spacial score (nSPS) is 10.9. The number of nitrogens with one attached hydrogen (secondary N) is 1. The lowest BCUT2D eigenvalue weighted by Gasteiger charge is -2.12. The highest BCUT2D eigenvalue weighted by atomic mass is 32.1. The molecule has 5 nitrogen and oxygen atoms in total. The first kappa shape index (κ1) is 21.6. The maximum absolute atomic E-state index is 13.0. The molecule has 0 aliphatic heterocycles. The highest BCUT2D eigenvalue weighted by Gasteiger charge is 2.24. The van der Waals surface area contributed by atoms with Crippen molar-refractivity contribution in [3.05, 3.63) is 89.2 Å². The van der Waals surface area contributed by atoms with E-state index in [1.807, 2.05) is 47.8 Å². The van der Waals surface area contributed by atoms with Crippen LogP contribution in [0.2, 0.25) is 0 Å². The number of furan rings is 1. The van der Waals surface area contributed by atoms with Crippen LogP contribution < -0.4 is 5.32 Å². The van der Waals surface area contributed by atoms with E-state index in [1.165, 1.54) is 17.6 Å². The van der Waals surface area contributed by atoms with Crippen LogP contribution in [0.3, 0.4) is 0 Å². The second-order valence-corrected chi connectivity index (χ2v) is 8.48. The van der Waals surface area contributed by atoms with Crippen molar-refractivity contribution in [2.75, 3.05) is 5.32 Å². The van der Waals surface area contributed by atoms with E-state index in [0.717, 1.165) is 22.3 Å². The first-order chi connectivity index (χ1) is 15.4. The molecule has 4 rings (SSSR count). The average Bonchev–Trinajstić information content (AvgIpc) is 3.40. The van der Waals surface area contributed by atoms with Gasteiger partial charge in [-0.15, -0.1) is 11.3 Å². The standard InChI is InChI=1S/C26H23NO4S/c1-16(2)31-26(29)23-22(15-32-25(23)27-24(28)21-13-14-30-17(21)3)20-11-9-19(10-12-20)18-7-5-4-6-8-18/h4-16H,1-3H3,(H,27,28). The van der Waals surface area contributed by atoms with Gasteiger partial charge < -0.3 is 14.5 Å². The number of hydrogen-bond acceptors (Lipinski definition) is 5. The maximum Gasteiger partial charge on any atom is 0.342 e. The number of aryl methyl sites for hydroxylation is 1. The van der Waals surface area contributed by atoms with Crippen molar-refractivity contribution in [3.8, 4) is 22.3 Å². The predicted octanol–water partition coefficient (Wildman–Crippen LogP) is 6.80. The van der Waals surface area contributed by atoms with Crippen molar-refractivity contribution >= 4 is 28.2 Å². The van der Waals surface area contributed by atoms with E-state index >= 15 is 0 Å². The summed E-state index contributed by atoms with van der Waals surface area (Å²) in [5, 5.41) is 5.17. The van der Waals surface area contributed by atoms with Crippen LogP contribution in [0.5, 0.6) is 0 Å². The Hall–Kier alpha value is -3.64. The number of ether oxygens (including phenoxy) is 1. The molecule has 2 aromatic heterocycles. The Morgan fingerprint density at radius 1 is 0.938 bits per heavy atom. The van der Waals surface area contributed by atoms with Gasteiger partial charge in [-0.3, -0.25) is 4.79 Å². The van der Waals surface area contributed by atoms with E-state index < -0.39 is 5.97 Å². The second-order valence-electron chi connectivity index (χ2n) is 7.60. The summed E-state index contributed by atoms with van der Waals surface area (Å²) in [4.78, 5) is 25.7. The molecule has 32 heavy (non-hydrogen) atoms. The number of esters is 1. The molecule has 0 fully saturated rings. The second kappa shape index (κ2) is 9.24. The number of hydrogen-bond donors (Lipinski definition) is 1. The van der Waals surface area contributed by atoms with Crippen LogP contribution >= 0.6 is 11.3 Å². The lowest BCUT2D eigenvalue weighted by atomic mass is 9.99. The van der Waals surface area contributed by atoms with Gasteiger partial charge in [-0.25, -0.2) is 4.79 Å². The van der Waals surface area contributed by atoms with Gasteiger partial charge in [0.1, 0.15) is 16.3 Å². The minimum absolute atomic E-state index is 0.282. The summed E-state index contributed by atoms with van der Waals surface area (Å²) >= 11 is 1.30. The third-order valence-corrected chi connectivity index (χ3v) is 5.87. The van der Waals surface area contributed by atoms with Gasteiger partial charge in [0.2, 0.25) is 0 Å². The van der Waals surface area contributed by atoms with Crippen LogP contribution in [-0.2, 0) is 4.74 Å². The van der Waals surface area contributed by atoms with Crippen LogP contribution in [0.4, 0.5) is 5.00 Å². The van der Waals surface area contributed by atoms with Crippen molar-refractivity contribution in [2.45, 2.75) is 26.9 Å². The zero-order chi connectivity index (χ0) is 22.7. The van der Waals surface area contributed by atoms with Crippen LogP contribution in [0.1, 0.15) is 40.3 Å². The number of carbonyl (C=O) groups excluding carboxylic acids is 2. The zero-order valence-electron chi connectivity index (χ0n) is 18.0. The van der Waals surface area contributed by atoms with Crippen molar-refractivity contribution < 1.29 is 18.7 Å². The smallest absolute Gasteiger partial charge is 0.342 e. The summed E-state index contributed by atoms with van der Waals surface area (Å²) in [6.45, 7) is 5.31. The number of anilines is 1. The van der Waals surface area contributed by atoms with E-state index in [0.29, 0.717) is 21.9 Å². The molecule has 0 saturated heterocycles. The molecule has 4 aromatic rings. The molecule has 1 amide bonds. The summed E-state index contributed by atoms with van der Waals surface area (Å²) in [6.07, 6.45) is 1.18. The Kier molecular flexibility index (Phi) is 6.23. The van der Waals surface area contributed by atoms with Crippen LogP contribution in [0.25, 0.3) is 22.3 Å². The van der Waals surface area contributed by atoms with Gasteiger partial charge in [-0.05, 0) is 43.5 Å². The molecule has 0 radical (unpaired) electrons. The quantitative estimate of drug-likeness (QED) is 0.331. The van der Waals surface area contributed by atoms with E-state index in [2.05, 4.69) is 17.4 Å². The van der Waals surface area contributed by atoms with Crippen molar-refractivity contribution in [1.82, 2.24) is 0 Å². The fourth-order valence-electron chi connectivity index (χ4n) is 3.40. The molecule has 0 saturated carbocycles. The Bertz CT molecular complexity index is 1240. The SMILES string of the molecule is Cc1occc1C(=O)Nc1scc(-c2ccc(-c3ccccc3)cc2)c1C(=O)OC(C)C. The number of amides is 1. The fourth-order valence-corrected chi connectivity index (χ4v) is 4.35. The third-order valence-electron chi connectivity index (χ3n) is 4.97. The first-order valence-corrected chi connectivity index (χ1v) is 11.2. The van der Waals surface area contributed by atoms with Crippen LogP contribution in [0.15, 0.2) is 76.7 Å². The Morgan fingerprint density at radius 3 is 2.22 bits per heavy atom. The number of thiophene rings is 1. The molecule has 0 atom stereocenters. The molecular weight excluding hydrogens is 422 g/mol. The Morgan fingerprint density at radius 2 is 1.59 bits per heavy atom. The zero-order valence-corrected chi connectivity index (χ0v) is 18.9. The van der Waals surface area contributed by atoms with E-state index in [9.17, 15) is 9.59 Å². The molecule has 162 valence electrons. The number of rotatable bonds is 6. The molecule has 0 bridgehead atoms. The molecule has 2 aromatic carbocycles. The van der Waals surface area contributed by atoms with Gasteiger partial charge in [0.15, 0.2) is 0 Å². The molecular formula is C26H23NO4S. The lowest BCUT2D eigenvalue weighted by molar-refractivity contribution is 0.0380. The molecule has 2 heterocycles. The third kappa shape index (κ3) is 4.50. The molecule has 0 aliphatic rings. The van der Waals surface area contributed by atoms with Crippen LogP contribution in [-0.4, -0.2) is 18.0 Å². The van der Waals surface area contributed by atoms with Gasteiger partial charge in [-0.2, -0.15) is 0 Å². The van der Waals surface area contributed by atoms with Crippen LogP contribution in [0, 0.1) is 6.92 Å². The van der Waals surface area contributed by atoms with E-state index in [-0.39, 0.29) is 12.0 Å². The first-order valence-electron chi connectivity index (χ1n) is 10.3. The number of carbonyl (C=O) groups is 2. The average molecular weight is 446 g/mol. The largest absolute Gasteiger partial charge is 0.469 e. The molecule has 0 spiro atoms. The summed E-state index contributed by atoms with van der Waals surface area (Å²) in [5.41, 5.74) is 4.57. The molecule has 1 N–H and O–H groups in total. The lowest BCUT2D eigenvalue weighted by Crippen LogP contribution is -2.17.